The van der Waals surface area contributed by atoms with E-state index in [1.807, 2.05) is 26.2 Å². The summed E-state index contributed by atoms with van der Waals surface area (Å²) in [5, 5.41) is 10.5. The number of rotatable bonds is 4. The van der Waals surface area contributed by atoms with E-state index in [0.717, 1.165) is 5.70 Å². The normalized spacial score (nSPS) is 21.2. The van der Waals surface area contributed by atoms with Crippen molar-refractivity contribution in [1.82, 2.24) is 4.90 Å². The van der Waals surface area contributed by atoms with Gasteiger partial charge in [0.1, 0.15) is 6.54 Å². The van der Waals surface area contributed by atoms with Crippen molar-refractivity contribution in [3.8, 4) is 0 Å². The molecular formula is C11H17NO3S. The van der Waals surface area contributed by atoms with Gasteiger partial charge in [0.25, 0.3) is 0 Å². The Morgan fingerprint density at radius 3 is 2.69 bits per heavy atom. The minimum atomic E-state index is -0.970. The molecular weight excluding hydrogens is 226 g/mol. The summed E-state index contributed by atoms with van der Waals surface area (Å²) >= 11 is 1.50. The van der Waals surface area contributed by atoms with Crippen molar-refractivity contribution in [2.45, 2.75) is 32.4 Å². The van der Waals surface area contributed by atoms with Gasteiger partial charge in [-0.3, -0.25) is 9.59 Å². The van der Waals surface area contributed by atoms with E-state index < -0.39 is 5.97 Å². The summed E-state index contributed by atoms with van der Waals surface area (Å²) < 4.78 is 0. The SMILES string of the molecule is CCC1=CSC(C(C)C)C(=O)N1CC(=O)O. The standard InChI is InChI=1S/C11H17NO3S/c1-4-8-6-16-10(7(2)3)11(15)12(8)5-9(13)14/h6-7,10H,4-5H2,1-3H3,(H,13,14). The van der Waals surface area contributed by atoms with E-state index in [4.69, 9.17) is 5.11 Å². The molecule has 1 atom stereocenters. The van der Waals surface area contributed by atoms with Gasteiger partial charge in [-0.2, -0.15) is 0 Å². The van der Waals surface area contributed by atoms with Crippen LogP contribution in [0, 0.1) is 5.92 Å². The summed E-state index contributed by atoms with van der Waals surface area (Å²) in [5.41, 5.74) is 0.800. The predicted molar refractivity (Wildman–Crippen MR) is 63.9 cm³/mol. The number of nitrogens with zero attached hydrogens (tertiary/aromatic N) is 1. The predicted octanol–water partition coefficient (Wildman–Crippen LogP) is 1.92. The maximum Gasteiger partial charge on any atom is 0.323 e. The van der Waals surface area contributed by atoms with Crippen molar-refractivity contribution in [3.63, 3.8) is 0 Å². The second-order valence-electron chi connectivity index (χ2n) is 4.08. The highest BCUT2D eigenvalue weighted by molar-refractivity contribution is 8.03. The summed E-state index contributed by atoms with van der Waals surface area (Å²) in [6.45, 7) is 5.63. The molecule has 0 bridgehead atoms. The summed E-state index contributed by atoms with van der Waals surface area (Å²) in [6.07, 6.45) is 0.677. The minimum Gasteiger partial charge on any atom is -0.480 e. The minimum absolute atomic E-state index is 0.0817. The summed E-state index contributed by atoms with van der Waals surface area (Å²) in [7, 11) is 0. The summed E-state index contributed by atoms with van der Waals surface area (Å²) in [4.78, 5) is 24.2. The van der Waals surface area contributed by atoms with Crippen molar-refractivity contribution < 1.29 is 14.7 Å². The Hall–Kier alpha value is -0.970. The highest BCUT2D eigenvalue weighted by atomic mass is 32.2. The van der Waals surface area contributed by atoms with Gasteiger partial charge in [0.15, 0.2) is 0 Å². The van der Waals surface area contributed by atoms with Gasteiger partial charge in [-0.15, -0.1) is 11.8 Å². The maximum absolute atomic E-state index is 12.1. The molecule has 0 saturated carbocycles. The molecule has 0 aromatic carbocycles. The maximum atomic E-state index is 12.1. The monoisotopic (exact) mass is 243 g/mol. The zero-order chi connectivity index (χ0) is 12.3. The molecule has 16 heavy (non-hydrogen) atoms. The van der Waals surface area contributed by atoms with E-state index in [9.17, 15) is 9.59 Å². The fraction of sp³-hybridized carbons (Fsp3) is 0.636. The Balaban J connectivity index is 2.91. The molecule has 0 aromatic heterocycles. The second-order valence-corrected chi connectivity index (χ2v) is 5.10. The molecule has 0 fully saturated rings. The van der Waals surface area contributed by atoms with Gasteiger partial charge in [-0.05, 0) is 17.7 Å². The average Bonchev–Trinajstić information content (AvgIpc) is 2.19. The lowest BCUT2D eigenvalue weighted by molar-refractivity contribution is -0.143. The van der Waals surface area contributed by atoms with E-state index in [-0.39, 0.29) is 23.6 Å². The number of hydrogen-bond acceptors (Lipinski definition) is 3. The van der Waals surface area contributed by atoms with Crippen LogP contribution in [0.5, 0.6) is 0 Å². The van der Waals surface area contributed by atoms with Crippen LogP contribution in [0.3, 0.4) is 0 Å². The molecule has 90 valence electrons. The molecule has 0 saturated heterocycles. The molecule has 0 radical (unpaired) electrons. The van der Waals surface area contributed by atoms with Gasteiger partial charge in [0.2, 0.25) is 5.91 Å². The molecule has 1 aliphatic heterocycles. The average molecular weight is 243 g/mol. The molecule has 1 heterocycles. The van der Waals surface area contributed by atoms with E-state index in [1.165, 1.54) is 16.7 Å². The van der Waals surface area contributed by atoms with Crippen LogP contribution < -0.4 is 0 Å². The van der Waals surface area contributed by atoms with Gasteiger partial charge in [-0.25, -0.2) is 0 Å². The fourth-order valence-electron chi connectivity index (χ4n) is 1.60. The van der Waals surface area contributed by atoms with Crippen LogP contribution in [0.1, 0.15) is 27.2 Å². The number of thioether (sulfide) groups is 1. The zero-order valence-electron chi connectivity index (χ0n) is 9.77. The zero-order valence-corrected chi connectivity index (χ0v) is 10.6. The van der Waals surface area contributed by atoms with Gasteiger partial charge >= 0.3 is 5.97 Å². The molecule has 4 nitrogen and oxygen atoms in total. The third-order valence-corrected chi connectivity index (χ3v) is 3.92. The van der Waals surface area contributed by atoms with Crippen molar-refractivity contribution >= 4 is 23.6 Å². The molecule has 0 aromatic rings. The lowest BCUT2D eigenvalue weighted by Gasteiger charge is -2.32. The quantitative estimate of drug-likeness (QED) is 0.819. The van der Waals surface area contributed by atoms with Gasteiger partial charge in [-0.1, -0.05) is 20.8 Å². The summed E-state index contributed by atoms with van der Waals surface area (Å²) in [6, 6.07) is 0. The fourth-order valence-corrected chi connectivity index (χ4v) is 2.76. The molecule has 1 rings (SSSR count). The molecule has 5 heteroatoms. The van der Waals surface area contributed by atoms with E-state index in [2.05, 4.69) is 0 Å². The van der Waals surface area contributed by atoms with E-state index in [1.54, 1.807) is 0 Å². The van der Waals surface area contributed by atoms with E-state index >= 15 is 0 Å². The lowest BCUT2D eigenvalue weighted by Crippen LogP contribution is -2.44. The third kappa shape index (κ3) is 2.78. The Kier molecular flexibility index (Phi) is 4.41. The van der Waals surface area contributed by atoms with Crippen LogP contribution in [0.2, 0.25) is 0 Å². The molecule has 0 spiro atoms. The number of aliphatic carboxylic acids is 1. The number of carboxylic acid groups (broad SMARTS) is 1. The molecule has 1 aliphatic rings. The Labute approximate surface area is 99.7 Å². The number of hydrogen-bond donors (Lipinski definition) is 1. The first-order valence-corrected chi connectivity index (χ1v) is 6.29. The smallest absolute Gasteiger partial charge is 0.323 e. The van der Waals surface area contributed by atoms with Crippen LogP contribution in [0.25, 0.3) is 0 Å². The first-order chi connectivity index (χ1) is 7.47. The molecule has 1 N–H and O–H groups in total. The van der Waals surface area contributed by atoms with Crippen molar-refractivity contribution in [3.05, 3.63) is 11.1 Å². The highest BCUT2D eigenvalue weighted by Crippen LogP contribution is 2.31. The van der Waals surface area contributed by atoms with Crippen molar-refractivity contribution in [2.75, 3.05) is 6.54 Å². The van der Waals surface area contributed by atoms with Crippen LogP contribution in [-0.2, 0) is 9.59 Å². The van der Waals surface area contributed by atoms with Crippen LogP contribution in [0.4, 0.5) is 0 Å². The number of carbonyl (C=O) groups is 2. The largest absolute Gasteiger partial charge is 0.480 e. The third-order valence-electron chi connectivity index (χ3n) is 2.47. The number of carboxylic acids is 1. The van der Waals surface area contributed by atoms with Crippen LogP contribution in [-0.4, -0.2) is 33.7 Å². The van der Waals surface area contributed by atoms with Crippen LogP contribution in [0.15, 0.2) is 11.1 Å². The first kappa shape index (κ1) is 13.1. The number of carbonyl (C=O) groups excluding carboxylic acids is 1. The Morgan fingerprint density at radius 2 is 2.25 bits per heavy atom. The van der Waals surface area contributed by atoms with Crippen LogP contribution >= 0.6 is 11.8 Å². The van der Waals surface area contributed by atoms with Gasteiger partial charge in [0.05, 0.1) is 5.25 Å². The molecule has 0 aliphatic carbocycles. The van der Waals surface area contributed by atoms with Crippen molar-refractivity contribution in [1.29, 1.82) is 0 Å². The van der Waals surface area contributed by atoms with Gasteiger partial charge in [0, 0.05) is 5.70 Å². The molecule has 1 unspecified atom stereocenters. The molecule has 1 amide bonds. The summed E-state index contributed by atoms with van der Waals surface area (Å²) in [5.74, 6) is -0.840. The lowest BCUT2D eigenvalue weighted by atomic mass is 10.1. The second kappa shape index (κ2) is 5.39. The van der Waals surface area contributed by atoms with E-state index in [0.29, 0.717) is 6.42 Å². The number of amides is 1. The first-order valence-electron chi connectivity index (χ1n) is 5.35. The number of allylic oxidation sites excluding steroid dienone is 1. The Morgan fingerprint density at radius 1 is 1.62 bits per heavy atom. The Bertz CT molecular complexity index is 325. The van der Waals surface area contributed by atoms with Gasteiger partial charge < -0.3 is 10.0 Å². The highest BCUT2D eigenvalue weighted by Gasteiger charge is 2.33. The van der Waals surface area contributed by atoms with Crippen molar-refractivity contribution in [2.24, 2.45) is 5.92 Å². The topological polar surface area (TPSA) is 57.6 Å².